The Kier molecular flexibility index (Phi) is 4.39. The molecular weight excluding hydrogens is 244 g/mol. The van der Waals surface area contributed by atoms with E-state index in [-0.39, 0.29) is 18.5 Å². The van der Waals surface area contributed by atoms with Gasteiger partial charge in [-0.05, 0) is 30.0 Å². The Labute approximate surface area is 113 Å². The first-order valence-electron chi connectivity index (χ1n) is 6.42. The van der Waals surface area contributed by atoms with Gasteiger partial charge in [0, 0.05) is 19.1 Å². The lowest BCUT2D eigenvalue weighted by Gasteiger charge is -2.35. The molecule has 2 rings (SSSR count). The average Bonchev–Trinajstić information content (AvgIpc) is 2.37. The fraction of sp³-hybridized carbons (Fsp3) is 0.500. The lowest BCUT2D eigenvalue weighted by molar-refractivity contribution is -0.138. The molecule has 0 amide bonds. The van der Waals surface area contributed by atoms with Crippen molar-refractivity contribution in [3.8, 4) is 5.75 Å². The summed E-state index contributed by atoms with van der Waals surface area (Å²) in [4.78, 5) is 12.7. The smallest absolute Gasteiger partial charge is 0.317 e. The van der Waals surface area contributed by atoms with Crippen molar-refractivity contribution in [3.63, 3.8) is 0 Å². The zero-order valence-corrected chi connectivity index (χ0v) is 11.1. The second-order valence-electron chi connectivity index (χ2n) is 5.05. The molecule has 1 aliphatic rings. The molecule has 5 heteroatoms. The Morgan fingerprint density at radius 1 is 1.42 bits per heavy atom. The molecule has 1 heterocycles. The van der Waals surface area contributed by atoms with Crippen LogP contribution < -0.4 is 10.5 Å². The first kappa shape index (κ1) is 13.8. The Morgan fingerprint density at radius 2 is 2.11 bits per heavy atom. The predicted octanol–water partition coefficient (Wildman–Crippen LogP) is 0.896. The molecule has 0 bridgehead atoms. The average molecular weight is 264 g/mol. The van der Waals surface area contributed by atoms with E-state index in [1.165, 1.54) is 5.56 Å². The quantitative estimate of drug-likeness (QED) is 0.845. The number of hydrogen-bond acceptors (Lipinski definition) is 4. The topological polar surface area (TPSA) is 75.8 Å². The van der Waals surface area contributed by atoms with Gasteiger partial charge in [0.15, 0.2) is 0 Å². The summed E-state index contributed by atoms with van der Waals surface area (Å²) in [6.45, 7) is 1.45. The number of hydrogen-bond donors (Lipinski definition) is 2. The van der Waals surface area contributed by atoms with Gasteiger partial charge in [-0.1, -0.05) is 12.1 Å². The molecule has 1 aromatic carbocycles. The number of carboxylic acids is 1. The van der Waals surface area contributed by atoms with Gasteiger partial charge in [-0.15, -0.1) is 0 Å². The summed E-state index contributed by atoms with van der Waals surface area (Å²) in [7, 11) is 1.64. The summed E-state index contributed by atoms with van der Waals surface area (Å²) in [6, 6.07) is 7.94. The number of benzene rings is 1. The molecule has 1 aliphatic heterocycles. The number of methoxy groups -OCH3 is 1. The largest absolute Gasteiger partial charge is 0.497 e. The van der Waals surface area contributed by atoms with Gasteiger partial charge in [-0.25, -0.2) is 0 Å². The van der Waals surface area contributed by atoms with E-state index in [9.17, 15) is 4.79 Å². The first-order valence-corrected chi connectivity index (χ1v) is 6.42. The van der Waals surface area contributed by atoms with Crippen molar-refractivity contribution in [2.45, 2.75) is 18.4 Å². The van der Waals surface area contributed by atoms with E-state index in [4.69, 9.17) is 15.6 Å². The van der Waals surface area contributed by atoms with E-state index in [2.05, 4.69) is 0 Å². The maximum atomic E-state index is 10.8. The Hall–Kier alpha value is -1.59. The Bertz CT molecular complexity index is 433. The van der Waals surface area contributed by atoms with Crippen LogP contribution >= 0.6 is 0 Å². The van der Waals surface area contributed by atoms with Gasteiger partial charge in [0.25, 0.3) is 0 Å². The number of nitrogens with zero attached hydrogens (tertiary/aromatic N) is 1. The van der Waals surface area contributed by atoms with E-state index >= 15 is 0 Å². The number of ether oxygens (including phenoxy) is 1. The van der Waals surface area contributed by atoms with Gasteiger partial charge in [-0.2, -0.15) is 0 Å². The maximum Gasteiger partial charge on any atom is 0.317 e. The van der Waals surface area contributed by atoms with Crippen molar-refractivity contribution >= 4 is 5.97 Å². The van der Waals surface area contributed by atoms with Crippen LogP contribution in [0.1, 0.15) is 17.9 Å². The van der Waals surface area contributed by atoms with Crippen LogP contribution in [0.4, 0.5) is 0 Å². The third-order valence-corrected chi connectivity index (χ3v) is 3.50. The third-order valence-electron chi connectivity index (χ3n) is 3.50. The van der Waals surface area contributed by atoms with E-state index in [0.717, 1.165) is 18.7 Å². The van der Waals surface area contributed by atoms with Crippen LogP contribution in [-0.4, -0.2) is 48.8 Å². The molecule has 2 unspecified atom stereocenters. The monoisotopic (exact) mass is 264 g/mol. The van der Waals surface area contributed by atoms with Crippen LogP contribution in [0, 0.1) is 0 Å². The minimum absolute atomic E-state index is 0.0280. The highest BCUT2D eigenvalue weighted by Crippen LogP contribution is 2.27. The number of carbonyl (C=O) groups is 1. The van der Waals surface area contributed by atoms with Gasteiger partial charge < -0.3 is 15.6 Å². The summed E-state index contributed by atoms with van der Waals surface area (Å²) in [5.74, 6) is 0.308. The summed E-state index contributed by atoms with van der Waals surface area (Å²) in [5, 5.41) is 8.88. The molecule has 1 fully saturated rings. The minimum atomic E-state index is -0.803. The number of rotatable bonds is 4. The molecule has 0 radical (unpaired) electrons. The highest BCUT2D eigenvalue weighted by Gasteiger charge is 2.27. The van der Waals surface area contributed by atoms with Crippen LogP contribution in [0.3, 0.4) is 0 Å². The summed E-state index contributed by atoms with van der Waals surface area (Å²) in [5.41, 5.74) is 7.21. The van der Waals surface area contributed by atoms with Crippen LogP contribution in [0.5, 0.6) is 5.75 Å². The van der Waals surface area contributed by atoms with Crippen LogP contribution in [-0.2, 0) is 4.79 Å². The van der Waals surface area contributed by atoms with Crippen LogP contribution in [0.25, 0.3) is 0 Å². The molecule has 3 N–H and O–H groups in total. The Morgan fingerprint density at radius 3 is 2.68 bits per heavy atom. The number of likely N-dealkylation sites (tertiary alicyclic amines) is 1. The van der Waals surface area contributed by atoms with Gasteiger partial charge >= 0.3 is 5.97 Å². The van der Waals surface area contributed by atoms with Gasteiger partial charge in [-0.3, -0.25) is 9.69 Å². The highest BCUT2D eigenvalue weighted by atomic mass is 16.5. The van der Waals surface area contributed by atoms with E-state index in [1.807, 2.05) is 29.2 Å². The molecule has 1 aromatic rings. The van der Waals surface area contributed by atoms with Gasteiger partial charge in [0.2, 0.25) is 0 Å². The minimum Gasteiger partial charge on any atom is -0.497 e. The normalized spacial score (nSPS) is 24.1. The number of nitrogens with two attached hydrogens (primary N) is 1. The van der Waals surface area contributed by atoms with Crippen molar-refractivity contribution in [3.05, 3.63) is 29.8 Å². The summed E-state index contributed by atoms with van der Waals surface area (Å²) in [6.07, 6.45) is 0.891. The highest BCUT2D eigenvalue weighted by molar-refractivity contribution is 5.69. The lowest BCUT2D eigenvalue weighted by atomic mass is 9.88. The number of aliphatic carboxylic acids is 1. The van der Waals surface area contributed by atoms with Crippen molar-refractivity contribution in [2.75, 3.05) is 26.7 Å². The predicted molar refractivity (Wildman–Crippen MR) is 72.4 cm³/mol. The molecule has 5 nitrogen and oxygen atoms in total. The van der Waals surface area contributed by atoms with Gasteiger partial charge in [0.05, 0.1) is 13.7 Å². The van der Waals surface area contributed by atoms with Crippen molar-refractivity contribution in [1.29, 1.82) is 0 Å². The standard InChI is InChI=1S/C14H20N2O3/c1-19-13-4-2-10(3-5-13)11-6-12(15)8-16(7-11)9-14(17)18/h2-5,11-12H,6-9,15H2,1H3,(H,17,18). The number of piperidine rings is 1. The molecule has 2 atom stereocenters. The fourth-order valence-corrected chi connectivity index (χ4v) is 2.67. The SMILES string of the molecule is COc1ccc(C2CC(N)CN(CC(=O)O)C2)cc1. The second-order valence-corrected chi connectivity index (χ2v) is 5.05. The van der Waals surface area contributed by atoms with E-state index in [1.54, 1.807) is 7.11 Å². The molecular formula is C14H20N2O3. The summed E-state index contributed by atoms with van der Waals surface area (Å²) < 4.78 is 5.14. The number of carboxylic acid groups (broad SMARTS) is 1. The van der Waals surface area contributed by atoms with E-state index in [0.29, 0.717) is 6.54 Å². The Balaban J connectivity index is 2.07. The molecule has 104 valence electrons. The lowest BCUT2D eigenvalue weighted by Crippen LogP contribution is -2.47. The molecule has 19 heavy (non-hydrogen) atoms. The fourth-order valence-electron chi connectivity index (χ4n) is 2.67. The molecule has 0 saturated carbocycles. The zero-order chi connectivity index (χ0) is 13.8. The molecule has 0 spiro atoms. The summed E-state index contributed by atoms with van der Waals surface area (Å²) >= 11 is 0. The zero-order valence-electron chi connectivity index (χ0n) is 11.1. The van der Waals surface area contributed by atoms with Crippen molar-refractivity contribution < 1.29 is 14.6 Å². The first-order chi connectivity index (χ1) is 9.08. The van der Waals surface area contributed by atoms with Gasteiger partial charge in [0.1, 0.15) is 5.75 Å². The third kappa shape index (κ3) is 3.68. The molecule has 1 saturated heterocycles. The molecule has 0 aromatic heterocycles. The maximum absolute atomic E-state index is 10.8. The van der Waals surface area contributed by atoms with Crippen LogP contribution in [0.15, 0.2) is 24.3 Å². The van der Waals surface area contributed by atoms with E-state index < -0.39 is 5.97 Å². The van der Waals surface area contributed by atoms with Crippen LogP contribution in [0.2, 0.25) is 0 Å². The van der Waals surface area contributed by atoms with Crippen molar-refractivity contribution in [1.82, 2.24) is 4.90 Å². The second kappa shape index (κ2) is 6.04. The molecule has 0 aliphatic carbocycles. The van der Waals surface area contributed by atoms with Crippen molar-refractivity contribution in [2.24, 2.45) is 5.73 Å².